The van der Waals surface area contributed by atoms with E-state index < -0.39 is 20.0 Å². The number of aromatic hydroxyl groups is 2. The van der Waals surface area contributed by atoms with Crippen molar-refractivity contribution in [3.8, 4) is 11.5 Å². The van der Waals surface area contributed by atoms with Crippen LogP contribution in [0.5, 0.6) is 11.5 Å². The average molecular weight is 934 g/mol. The Labute approximate surface area is 389 Å². The number of azo groups is 1. The molecule has 0 heterocycles. The number of carbonyl (C=O) groups excluding carboxylic acids is 1. The lowest BCUT2D eigenvalue weighted by molar-refractivity contribution is 0.0745. The van der Waals surface area contributed by atoms with E-state index in [0.29, 0.717) is 40.6 Å². The molecule has 0 radical (unpaired) electrons. The number of anilines is 2. The Hall–Kier alpha value is -4.69. The van der Waals surface area contributed by atoms with Crippen LogP contribution in [0.4, 0.5) is 22.7 Å². The minimum atomic E-state index is -4.26. The molecule has 4 aromatic rings. The number of fused-ring (bicyclic) bond motifs is 1. The summed E-state index contributed by atoms with van der Waals surface area (Å²) < 4.78 is 57.7. The van der Waals surface area contributed by atoms with Crippen LogP contribution < -0.4 is 9.44 Å². The number of carbonyl (C=O) groups is 1. The largest absolute Gasteiger partial charge is 0.507 e. The predicted molar refractivity (Wildman–Crippen MR) is 267 cm³/mol. The molecule has 4 N–H and O–H groups in total. The second kappa shape index (κ2) is 26.5. The predicted octanol–water partition coefficient (Wildman–Crippen LogP) is 14.0. The van der Waals surface area contributed by atoms with Crippen LogP contribution in [0.2, 0.25) is 0 Å². The number of rotatable bonds is 30. The van der Waals surface area contributed by atoms with Crippen molar-refractivity contribution in [1.29, 1.82) is 0 Å². The monoisotopic (exact) mass is 934 g/mol. The van der Waals surface area contributed by atoms with Gasteiger partial charge in [-0.25, -0.2) is 16.8 Å². The first-order chi connectivity index (χ1) is 31.1. The maximum Gasteiger partial charge on any atom is 0.261 e. The van der Waals surface area contributed by atoms with Crippen molar-refractivity contribution in [2.75, 3.05) is 28.8 Å². The number of amides is 1. The third-order valence-corrected chi connectivity index (χ3v) is 14.2. The van der Waals surface area contributed by atoms with E-state index in [9.17, 15) is 31.8 Å². The van der Waals surface area contributed by atoms with Gasteiger partial charge in [-0.05, 0) is 86.7 Å². The van der Waals surface area contributed by atoms with Gasteiger partial charge in [0.1, 0.15) is 11.5 Å². The Morgan fingerprint density at radius 1 is 0.615 bits per heavy atom. The fourth-order valence-electron chi connectivity index (χ4n) is 8.36. The summed E-state index contributed by atoms with van der Waals surface area (Å²) in [4.78, 5) is 16.3. The number of phenolic OH excluding ortho intramolecular Hbond substituents is 2. The molecule has 0 aromatic heterocycles. The summed E-state index contributed by atoms with van der Waals surface area (Å²) in [5.41, 5.74) is 2.26. The van der Waals surface area contributed by atoms with E-state index in [4.69, 9.17) is 0 Å². The summed E-state index contributed by atoms with van der Waals surface area (Å²) in [6.07, 6.45) is 24.7. The Bertz CT molecular complexity index is 2400. The molecule has 0 unspecified atom stereocenters. The SMILES string of the molecule is CCCCCCCCCCCCN(CCCCCCCCCCCC)C(=O)c1c(C)c(NS(=O)(=O)c2cccc(N=Nc3ccc(O)c4cccc(NS(C)(=O)=O)c34)c2)c(C)c(C)c1O. The maximum absolute atomic E-state index is 14.6. The van der Waals surface area contributed by atoms with E-state index in [2.05, 4.69) is 33.5 Å². The van der Waals surface area contributed by atoms with E-state index in [1.54, 1.807) is 45.0 Å². The molecule has 0 aliphatic carbocycles. The number of hydrogen-bond donors (Lipinski definition) is 4. The van der Waals surface area contributed by atoms with Gasteiger partial charge in [-0.15, -0.1) is 5.11 Å². The van der Waals surface area contributed by atoms with Gasteiger partial charge in [0.2, 0.25) is 10.0 Å². The summed E-state index contributed by atoms with van der Waals surface area (Å²) in [7, 11) is -7.93. The summed E-state index contributed by atoms with van der Waals surface area (Å²) in [5.74, 6) is -0.511. The van der Waals surface area contributed by atoms with Gasteiger partial charge >= 0.3 is 0 Å². The van der Waals surface area contributed by atoms with E-state index in [1.165, 1.54) is 120 Å². The molecular weight excluding hydrogens is 859 g/mol. The molecule has 65 heavy (non-hydrogen) atoms. The van der Waals surface area contributed by atoms with E-state index in [0.717, 1.165) is 44.8 Å². The zero-order valence-electron chi connectivity index (χ0n) is 39.8. The Morgan fingerprint density at radius 2 is 1.14 bits per heavy atom. The highest BCUT2D eigenvalue weighted by Crippen LogP contribution is 2.40. The molecule has 0 bridgehead atoms. The van der Waals surface area contributed by atoms with E-state index in [-0.39, 0.29) is 50.6 Å². The van der Waals surface area contributed by atoms with Crippen molar-refractivity contribution < 1.29 is 31.8 Å². The third-order valence-electron chi connectivity index (χ3n) is 12.3. The number of nitrogens with one attached hydrogen (secondary N) is 2. The Kier molecular flexibility index (Phi) is 21.5. The van der Waals surface area contributed by atoms with Crippen molar-refractivity contribution in [3.63, 3.8) is 0 Å². The molecule has 358 valence electrons. The van der Waals surface area contributed by atoms with Crippen molar-refractivity contribution in [1.82, 2.24) is 4.90 Å². The van der Waals surface area contributed by atoms with Crippen molar-refractivity contribution >= 4 is 59.5 Å². The lowest BCUT2D eigenvalue weighted by atomic mass is 9.95. The fraction of sp³-hybridized carbons (Fsp3) is 0.549. The molecule has 0 aliphatic rings. The van der Waals surface area contributed by atoms with Crippen LogP contribution in [0.25, 0.3) is 10.8 Å². The summed E-state index contributed by atoms with van der Waals surface area (Å²) in [6, 6.07) is 13.6. The van der Waals surface area contributed by atoms with Gasteiger partial charge in [0, 0.05) is 23.9 Å². The van der Waals surface area contributed by atoms with E-state index in [1.807, 2.05) is 4.90 Å². The van der Waals surface area contributed by atoms with Gasteiger partial charge in [0.25, 0.3) is 15.9 Å². The van der Waals surface area contributed by atoms with Crippen molar-refractivity contribution in [3.05, 3.63) is 76.9 Å². The number of nitrogens with zero attached hydrogens (tertiary/aromatic N) is 3. The highest BCUT2D eigenvalue weighted by molar-refractivity contribution is 7.92. The van der Waals surface area contributed by atoms with Gasteiger partial charge in [0.15, 0.2) is 0 Å². The van der Waals surface area contributed by atoms with Crippen molar-refractivity contribution in [2.45, 2.75) is 168 Å². The van der Waals surface area contributed by atoms with Crippen LogP contribution in [-0.2, 0) is 20.0 Å². The first-order valence-corrected chi connectivity index (χ1v) is 27.4. The zero-order chi connectivity index (χ0) is 47.4. The smallest absolute Gasteiger partial charge is 0.261 e. The number of sulfonamides is 2. The molecule has 4 aromatic carbocycles. The molecule has 0 saturated carbocycles. The normalized spacial score (nSPS) is 12.0. The second-order valence-electron chi connectivity index (χ2n) is 17.6. The topological polar surface area (TPSA) is 178 Å². The summed E-state index contributed by atoms with van der Waals surface area (Å²) >= 11 is 0. The van der Waals surface area contributed by atoms with Crippen LogP contribution in [0, 0.1) is 20.8 Å². The van der Waals surface area contributed by atoms with Gasteiger partial charge < -0.3 is 15.1 Å². The van der Waals surface area contributed by atoms with Gasteiger partial charge in [-0.3, -0.25) is 14.2 Å². The standard InChI is InChI=1S/C51H75N5O7S2/c1-7-9-11-13-15-17-19-21-23-25-35-56(36-26-24-22-20-18-16-14-12-10-8-2)51(59)47-40(5)49(38(3)39(4)50(47)58)55-65(62,63)42-30-27-29-41(37-42)52-53-44-33-34-46(57)43-31-28-32-45(48(43)44)54-64(6,60)61/h27-34,37,54-55,57-58H,7-26,35-36H2,1-6H3. The molecule has 1 amide bonds. The van der Waals surface area contributed by atoms with Crippen LogP contribution in [0.15, 0.2) is 69.7 Å². The first kappa shape index (κ1) is 52.9. The number of benzene rings is 4. The van der Waals surface area contributed by atoms with Crippen molar-refractivity contribution in [2.24, 2.45) is 10.2 Å². The molecule has 0 saturated heterocycles. The minimum Gasteiger partial charge on any atom is -0.507 e. The molecule has 0 spiro atoms. The molecular formula is C51H75N5O7S2. The maximum atomic E-state index is 14.6. The third kappa shape index (κ3) is 16.3. The molecule has 14 heteroatoms. The van der Waals surface area contributed by atoms with E-state index >= 15 is 0 Å². The molecule has 0 aliphatic heterocycles. The summed E-state index contributed by atoms with van der Waals surface area (Å²) in [5, 5.41) is 31.4. The fourth-order valence-corrected chi connectivity index (χ4v) is 10.2. The second-order valence-corrected chi connectivity index (χ2v) is 21.1. The van der Waals surface area contributed by atoms with Crippen LogP contribution in [0.1, 0.15) is 169 Å². The number of unbranched alkanes of at least 4 members (excludes halogenated alkanes) is 18. The number of phenols is 2. The Balaban J connectivity index is 1.54. The van der Waals surface area contributed by atoms with Gasteiger partial charge in [-0.1, -0.05) is 148 Å². The first-order valence-electron chi connectivity index (χ1n) is 24.0. The molecule has 0 atom stereocenters. The molecule has 12 nitrogen and oxygen atoms in total. The highest BCUT2D eigenvalue weighted by atomic mass is 32.2. The summed E-state index contributed by atoms with van der Waals surface area (Å²) in [6.45, 7) is 10.7. The lowest BCUT2D eigenvalue weighted by Crippen LogP contribution is -2.34. The Morgan fingerprint density at radius 3 is 1.68 bits per heavy atom. The van der Waals surface area contributed by atoms with Gasteiger partial charge in [0.05, 0.1) is 39.5 Å². The van der Waals surface area contributed by atoms with Crippen LogP contribution in [0.3, 0.4) is 0 Å². The molecule has 4 rings (SSSR count). The van der Waals surface area contributed by atoms with Gasteiger partial charge in [-0.2, -0.15) is 5.11 Å². The average Bonchev–Trinajstić information content (AvgIpc) is 3.27. The van der Waals surface area contributed by atoms with Crippen LogP contribution in [-0.4, -0.2) is 57.2 Å². The lowest BCUT2D eigenvalue weighted by Gasteiger charge is -2.26. The highest BCUT2D eigenvalue weighted by Gasteiger charge is 2.28. The molecule has 0 fully saturated rings. The minimum absolute atomic E-state index is 0.0777. The zero-order valence-corrected chi connectivity index (χ0v) is 41.5. The number of hydrogen-bond acceptors (Lipinski definition) is 9. The quantitative estimate of drug-likeness (QED) is 0.0228. The van der Waals surface area contributed by atoms with Crippen LogP contribution >= 0.6 is 0 Å².